The van der Waals surface area contributed by atoms with Crippen LogP contribution in [-0.2, 0) is 25.0 Å². The number of alkyl halides is 13. The molecule has 43 heavy (non-hydrogen) atoms. The summed E-state index contributed by atoms with van der Waals surface area (Å²) in [4.78, 5) is 6.19. The third-order valence-electron chi connectivity index (χ3n) is 4.87. The molecular formula is C18H11F18NO5S. The molecule has 0 heterocycles. The first kappa shape index (κ1) is 39.9. The second-order valence-corrected chi connectivity index (χ2v) is 9.13. The van der Waals surface area contributed by atoms with Gasteiger partial charge in [-0.1, -0.05) is 22.5 Å². The van der Waals surface area contributed by atoms with Gasteiger partial charge in [0.2, 0.25) is 0 Å². The maximum Gasteiger partial charge on any atom is 0.460 e. The van der Waals surface area contributed by atoms with E-state index in [0.29, 0.717) is 6.42 Å². The topological polar surface area (TPSA) is 83.9 Å². The summed E-state index contributed by atoms with van der Waals surface area (Å²) in [5, 5.41) is 5.01. The molecule has 0 atom stereocenters. The minimum atomic E-state index is -8.65. The van der Waals surface area contributed by atoms with Crippen LogP contribution in [0.5, 0.6) is 0 Å². The van der Waals surface area contributed by atoms with E-state index in [4.69, 9.17) is 5.11 Å². The molecule has 0 aliphatic heterocycles. The van der Waals surface area contributed by atoms with Crippen molar-refractivity contribution in [2.75, 3.05) is 12.5 Å². The van der Waals surface area contributed by atoms with Crippen molar-refractivity contribution in [2.45, 2.75) is 54.0 Å². The molecule has 1 aromatic rings. The first-order valence-corrected chi connectivity index (χ1v) is 11.2. The van der Waals surface area contributed by atoms with Crippen molar-refractivity contribution < 1.29 is 102 Å². The number of rotatable bonds is 10. The third-order valence-corrected chi connectivity index (χ3v) is 6.19. The molecule has 6 nitrogen and oxygen atoms in total. The van der Waals surface area contributed by atoms with Crippen LogP contribution >= 0.6 is 0 Å². The van der Waals surface area contributed by atoms with Crippen LogP contribution in [0.3, 0.4) is 0 Å². The molecular weight excluding hydrogens is 684 g/mol. The van der Waals surface area contributed by atoms with Gasteiger partial charge in [0.05, 0.1) is 12.7 Å². The first-order chi connectivity index (χ1) is 18.8. The van der Waals surface area contributed by atoms with E-state index in [-0.39, 0.29) is 12.7 Å². The normalized spacial score (nSPS) is 13.8. The van der Waals surface area contributed by atoms with Crippen LogP contribution in [-0.4, -0.2) is 56.5 Å². The van der Waals surface area contributed by atoms with Crippen molar-refractivity contribution >= 4 is 21.8 Å². The Hall–Kier alpha value is -3.12. The first-order valence-electron chi connectivity index (χ1n) is 9.79. The summed E-state index contributed by atoms with van der Waals surface area (Å²) < 4.78 is 266. The van der Waals surface area contributed by atoms with E-state index in [1.807, 2.05) is 0 Å². The number of nitrogens with zero attached hydrogens (tertiary/aromatic N) is 1. The number of halogens is 18. The van der Waals surface area contributed by atoms with Gasteiger partial charge in [-0.25, -0.2) is 18.0 Å². The number of hydrogen-bond acceptors (Lipinski definition) is 5. The summed E-state index contributed by atoms with van der Waals surface area (Å²) in [5.74, 6) is -54.0. The van der Waals surface area contributed by atoms with Crippen LogP contribution in [0.25, 0.3) is 0 Å². The van der Waals surface area contributed by atoms with Gasteiger partial charge in [-0.05, 0) is 11.8 Å². The maximum absolute atomic E-state index is 14.4. The van der Waals surface area contributed by atoms with Crippen LogP contribution in [0.1, 0.15) is 18.9 Å². The number of carbonyl (C=O) groups is 1. The highest BCUT2D eigenvalue weighted by Gasteiger charge is 2.91. The predicted molar refractivity (Wildman–Crippen MR) is 102 cm³/mol. The Morgan fingerprint density at radius 3 is 1.47 bits per heavy atom. The molecule has 0 spiro atoms. The standard InChI is InChI=1S/C13H3F18NO3S.C5H8O2/c1-35-36(33,34)7-2(3(14)6(32(30)31)4(15)5(7)16)8(17,18)9(19,20)10(21,22)11(23,24)12(25,26)13(27,28)29;1-3-4(2)5(6)7/h1H3;2-3H2,1H3,(H,6,7). The summed E-state index contributed by atoms with van der Waals surface area (Å²) >= 11 is 0. The van der Waals surface area contributed by atoms with E-state index < -0.39 is 90.8 Å². The molecule has 0 saturated carbocycles. The molecule has 0 bridgehead atoms. The smallest absolute Gasteiger partial charge is 0.460 e. The molecule has 25 heteroatoms. The van der Waals surface area contributed by atoms with Gasteiger partial charge in [0.25, 0.3) is 10.1 Å². The fraction of sp³-hybridized carbons (Fsp3) is 0.500. The Kier molecular flexibility index (Phi) is 11.2. The number of hydrogen-bond donors (Lipinski definition) is 1. The van der Waals surface area contributed by atoms with E-state index in [0.717, 1.165) is 0 Å². The number of aliphatic carboxylic acids is 1. The highest BCUT2D eigenvalue weighted by molar-refractivity contribution is 7.86. The molecule has 0 radical (unpaired) electrons. The molecule has 0 aliphatic carbocycles. The Balaban J connectivity index is 0.00000223. The average Bonchev–Trinajstić information content (AvgIpc) is 2.84. The largest absolute Gasteiger partial charge is 0.478 e. The predicted octanol–water partition coefficient (Wildman–Crippen LogP) is 7.25. The van der Waals surface area contributed by atoms with Gasteiger partial charge < -0.3 is 5.11 Å². The van der Waals surface area contributed by atoms with Gasteiger partial charge in [-0.2, -0.15) is 65.5 Å². The van der Waals surface area contributed by atoms with Crippen molar-refractivity contribution in [1.29, 1.82) is 0 Å². The molecule has 1 N–H and O–H groups in total. The molecule has 1 rings (SSSR count). The van der Waals surface area contributed by atoms with E-state index in [9.17, 15) is 92.4 Å². The van der Waals surface area contributed by atoms with Crippen LogP contribution in [0.15, 0.2) is 17.0 Å². The fourth-order valence-corrected chi connectivity index (χ4v) is 3.40. The SMILES string of the molecule is C=C(CC)C(=O)O.COS(=O)(=O)c1c(F)c(F)c(N(F)F)c(F)c1C(F)(F)C(F)(F)C(F)(F)C(F)(F)C(F)(F)C(F)(F)F. The number of carboxylic acid groups (broad SMARTS) is 1. The maximum atomic E-state index is 14.4. The van der Waals surface area contributed by atoms with E-state index in [1.54, 1.807) is 6.92 Å². The second-order valence-electron chi connectivity index (χ2n) is 7.48. The van der Waals surface area contributed by atoms with Crippen LogP contribution in [0.2, 0.25) is 0 Å². The van der Waals surface area contributed by atoms with Crippen molar-refractivity contribution in [2.24, 2.45) is 0 Å². The van der Waals surface area contributed by atoms with Crippen LogP contribution in [0, 0.1) is 17.5 Å². The molecule has 0 aliphatic rings. The third kappa shape index (κ3) is 6.40. The minimum absolute atomic E-state index is 0.220. The van der Waals surface area contributed by atoms with Gasteiger partial charge in [-0.3, -0.25) is 4.18 Å². The van der Waals surface area contributed by atoms with Crippen molar-refractivity contribution in [1.82, 2.24) is 0 Å². The summed E-state index contributed by atoms with van der Waals surface area (Å²) in [6.07, 6.45) is -7.32. The minimum Gasteiger partial charge on any atom is -0.478 e. The molecule has 0 aromatic heterocycles. The zero-order valence-electron chi connectivity index (χ0n) is 20.2. The van der Waals surface area contributed by atoms with Crippen molar-refractivity contribution in [3.05, 3.63) is 35.2 Å². The summed E-state index contributed by atoms with van der Waals surface area (Å²) in [6.45, 7) is 5.03. The molecule has 0 fully saturated rings. The van der Waals surface area contributed by atoms with E-state index in [1.165, 1.54) is 0 Å². The summed E-state index contributed by atoms with van der Waals surface area (Å²) in [6, 6.07) is 0. The number of benzene rings is 1. The highest BCUT2D eigenvalue weighted by Crippen LogP contribution is 2.63. The van der Waals surface area contributed by atoms with Gasteiger partial charge in [0.1, 0.15) is 4.90 Å². The number of anilines is 1. The zero-order valence-corrected chi connectivity index (χ0v) is 21.0. The van der Waals surface area contributed by atoms with Gasteiger partial charge in [0.15, 0.2) is 23.1 Å². The monoisotopic (exact) mass is 695 g/mol. The fourth-order valence-electron chi connectivity index (χ4n) is 2.45. The van der Waals surface area contributed by atoms with Crippen LogP contribution in [0.4, 0.5) is 84.9 Å². The Bertz CT molecular complexity index is 1340. The zero-order chi connectivity index (χ0) is 35.1. The van der Waals surface area contributed by atoms with Crippen molar-refractivity contribution in [3.63, 3.8) is 0 Å². The lowest BCUT2D eigenvalue weighted by molar-refractivity contribution is -0.442. The lowest BCUT2D eigenvalue weighted by Gasteiger charge is -2.40. The Morgan fingerprint density at radius 1 is 0.791 bits per heavy atom. The quantitative estimate of drug-likeness (QED) is 0.0914. The summed E-state index contributed by atoms with van der Waals surface area (Å²) in [5.41, 5.74) is -7.60. The Labute approximate surface area is 226 Å². The summed E-state index contributed by atoms with van der Waals surface area (Å²) in [7, 11) is -6.84. The molecule has 0 saturated heterocycles. The highest BCUT2D eigenvalue weighted by atomic mass is 32.2. The van der Waals surface area contributed by atoms with Crippen LogP contribution < -0.4 is 5.34 Å². The number of carboxylic acids is 1. The molecule has 1 aromatic carbocycles. The lowest BCUT2D eigenvalue weighted by atomic mass is 9.90. The molecule has 250 valence electrons. The Morgan fingerprint density at radius 2 is 1.19 bits per heavy atom. The lowest BCUT2D eigenvalue weighted by Crippen LogP contribution is -2.69. The van der Waals surface area contributed by atoms with Gasteiger partial charge in [0, 0.05) is 5.57 Å². The molecule has 0 unspecified atom stereocenters. The molecule has 0 amide bonds. The van der Waals surface area contributed by atoms with E-state index in [2.05, 4.69) is 10.8 Å². The van der Waals surface area contributed by atoms with Crippen molar-refractivity contribution in [3.8, 4) is 0 Å². The average molecular weight is 695 g/mol. The van der Waals surface area contributed by atoms with Gasteiger partial charge in [-0.15, -0.1) is 0 Å². The second kappa shape index (κ2) is 12.1. The van der Waals surface area contributed by atoms with E-state index >= 15 is 0 Å². The van der Waals surface area contributed by atoms with Gasteiger partial charge >= 0.3 is 41.8 Å².